The molecule has 1 N–H and O–H groups in total. The number of fused-ring (bicyclic) bond motifs is 1. The summed E-state index contributed by atoms with van der Waals surface area (Å²) < 4.78 is 0. The van der Waals surface area contributed by atoms with Gasteiger partial charge in [0.2, 0.25) is 5.91 Å². The number of nitrogens with one attached hydrogen (secondary N) is 1. The van der Waals surface area contributed by atoms with Crippen LogP contribution in [0.5, 0.6) is 0 Å². The quantitative estimate of drug-likeness (QED) is 0.868. The number of nitrogens with zero attached hydrogens (tertiary/aromatic N) is 1. The predicted octanol–water partition coefficient (Wildman–Crippen LogP) is 3.27. The van der Waals surface area contributed by atoms with E-state index in [1.54, 1.807) is 6.92 Å². The number of aryl methyl sites for hydroxylation is 1. The van der Waals surface area contributed by atoms with Crippen molar-refractivity contribution < 1.29 is 9.59 Å². The van der Waals surface area contributed by atoms with Crippen molar-refractivity contribution in [3.05, 3.63) is 29.3 Å². The van der Waals surface area contributed by atoms with Crippen molar-refractivity contribution in [3.63, 3.8) is 0 Å². The van der Waals surface area contributed by atoms with E-state index in [0.29, 0.717) is 12.3 Å². The van der Waals surface area contributed by atoms with Crippen LogP contribution in [0.2, 0.25) is 0 Å². The number of Topliss-reactive ketones (excluding diaryl/α,β-unsaturated/α-hetero) is 1. The summed E-state index contributed by atoms with van der Waals surface area (Å²) >= 11 is 0. The molecule has 2 aliphatic rings. The molecule has 0 unspecified atom stereocenters. The van der Waals surface area contributed by atoms with E-state index >= 15 is 0 Å². The van der Waals surface area contributed by atoms with Gasteiger partial charge in [-0.05, 0) is 61.8 Å². The molecule has 0 bridgehead atoms. The van der Waals surface area contributed by atoms with Crippen molar-refractivity contribution in [2.45, 2.75) is 45.4 Å². The topological polar surface area (TPSA) is 49.4 Å². The number of likely N-dealkylation sites (tertiary alicyclic amines) is 1. The second kappa shape index (κ2) is 7.16. The maximum atomic E-state index is 12.5. The molecule has 4 nitrogen and oxygen atoms in total. The van der Waals surface area contributed by atoms with E-state index < -0.39 is 0 Å². The van der Waals surface area contributed by atoms with Gasteiger partial charge < -0.3 is 10.2 Å². The Bertz CT molecular complexity index is 589. The highest BCUT2D eigenvalue weighted by atomic mass is 16.2. The number of piperidine rings is 1. The number of ketones is 1. The molecular formula is C19H26N2O2. The molecule has 1 aromatic rings. The van der Waals surface area contributed by atoms with Crippen LogP contribution in [0, 0.1) is 5.92 Å². The average molecular weight is 314 g/mol. The summed E-state index contributed by atoms with van der Waals surface area (Å²) in [4.78, 5) is 25.7. The predicted molar refractivity (Wildman–Crippen MR) is 91.8 cm³/mol. The third-order valence-electron chi connectivity index (χ3n) is 5.21. The molecular weight excluding hydrogens is 288 g/mol. The van der Waals surface area contributed by atoms with E-state index in [2.05, 4.69) is 11.4 Å². The molecule has 0 saturated carbocycles. The van der Waals surface area contributed by atoms with Gasteiger partial charge in [-0.25, -0.2) is 0 Å². The largest absolute Gasteiger partial charge is 0.385 e. The highest BCUT2D eigenvalue weighted by Gasteiger charge is 2.21. The van der Waals surface area contributed by atoms with Gasteiger partial charge in [0.1, 0.15) is 0 Å². The van der Waals surface area contributed by atoms with Crippen LogP contribution in [-0.2, 0) is 11.2 Å². The number of amides is 1. The van der Waals surface area contributed by atoms with Crippen molar-refractivity contribution in [1.29, 1.82) is 0 Å². The van der Waals surface area contributed by atoms with Crippen LogP contribution >= 0.6 is 0 Å². The Hall–Kier alpha value is -1.84. The Morgan fingerprint density at radius 2 is 2.04 bits per heavy atom. The van der Waals surface area contributed by atoms with Crippen molar-refractivity contribution in [1.82, 2.24) is 4.90 Å². The van der Waals surface area contributed by atoms with Gasteiger partial charge in [-0.1, -0.05) is 0 Å². The number of anilines is 1. The fourth-order valence-corrected chi connectivity index (χ4v) is 3.66. The standard InChI is InChI=1S/C19H26N2O2/c1-14(22)21-11-8-15(9-12-21)4-7-19(23)17-5-6-18-16(13-17)3-2-10-20-18/h5-6,13,15,20H,2-4,7-12H2,1H3. The van der Waals surface area contributed by atoms with E-state index in [-0.39, 0.29) is 11.7 Å². The normalized spacial score (nSPS) is 18.2. The Morgan fingerprint density at radius 1 is 1.26 bits per heavy atom. The van der Waals surface area contributed by atoms with Crippen LogP contribution in [0.15, 0.2) is 18.2 Å². The van der Waals surface area contributed by atoms with Gasteiger partial charge in [-0.3, -0.25) is 9.59 Å². The minimum atomic E-state index is 0.169. The molecule has 1 amide bonds. The van der Waals surface area contributed by atoms with Gasteiger partial charge in [0, 0.05) is 44.2 Å². The van der Waals surface area contributed by atoms with Gasteiger partial charge >= 0.3 is 0 Å². The first-order valence-corrected chi connectivity index (χ1v) is 8.79. The van der Waals surface area contributed by atoms with E-state index in [0.717, 1.165) is 57.3 Å². The van der Waals surface area contributed by atoms with Gasteiger partial charge in [-0.15, -0.1) is 0 Å². The first-order chi connectivity index (χ1) is 11.1. The third kappa shape index (κ3) is 3.92. The fraction of sp³-hybridized carbons (Fsp3) is 0.579. The van der Waals surface area contributed by atoms with Gasteiger partial charge in [0.05, 0.1) is 0 Å². The summed E-state index contributed by atoms with van der Waals surface area (Å²) in [5.74, 6) is 1.00. The molecule has 1 fully saturated rings. The Labute approximate surface area is 138 Å². The number of carbonyl (C=O) groups is 2. The lowest BCUT2D eigenvalue weighted by Crippen LogP contribution is -2.37. The number of rotatable bonds is 4. The summed E-state index contributed by atoms with van der Waals surface area (Å²) in [6.45, 7) is 4.35. The molecule has 0 atom stereocenters. The van der Waals surface area contributed by atoms with E-state index in [1.807, 2.05) is 17.0 Å². The van der Waals surface area contributed by atoms with Crippen molar-refractivity contribution in [2.24, 2.45) is 5.92 Å². The average Bonchev–Trinajstić information content (AvgIpc) is 2.59. The van der Waals surface area contributed by atoms with Crippen LogP contribution in [0.25, 0.3) is 0 Å². The van der Waals surface area contributed by atoms with E-state index in [9.17, 15) is 9.59 Å². The smallest absolute Gasteiger partial charge is 0.219 e. The Kier molecular flexibility index (Phi) is 4.99. The van der Waals surface area contributed by atoms with Crippen LogP contribution in [0.3, 0.4) is 0 Å². The summed E-state index contributed by atoms with van der Waals surface area (Å²) in [6, 6.07) is 6.08. The first-order valence-electron chi connectivity index (χ1n) is 8.79. The van der Waals surface area contributed by atoms with Crippen LogP contribution in [-0.4, -0.2) is 36.2 Å². The minimum absolute atomic E-state index is 0.169. The lowest BCUT2D eigenvalue weighted by atomic mass is 9.90. The highest BCUT2D eigenvalue weighted by Crippen LogP contribution is 2.26. The maximum Gasteiger partial charge on any atom is 0.219 e. The maximum absolute atomic E-state index is 12.5. The molecule has 2 aliphatic heterocycles. The lowest BCUT2D eigenvalue weighted by Gasteiger charge is -2.31. The molecule has 4 heteroatoms. The molecule has 23 heavy (non-hydrogen) atoms. The summed E-state index contributed by atoms with van der Waals surface area (Å²) in [6.07, 6.45) is 5.82. The first kappa shape index (κ1) is 16.0. The number of carbonyl (C=O) groups excluding carboxylic acids is 2. The number of hydrogen-bond acceptors (Lipinski definition) is 3. The zero-order valence-electron chi connectivity index (χ0n) is 13.9. The van der Waals surface area contributed by atoms with Gasteiger partial charge in [0.25, 0.3) is 0 Å². The minimum Gasteiger partial charge on any atom is -0.385 e. The zero-order chi connectivity index (χ0) is 16.2. The SMILES string of the molecule is CC(=O)N1CCC(CCC(=O)c2ccc3c(c2)CCCN3)CC1. The molecule has 1 aromatic carbocycles. The van der Waals surface area contributed by atoms with Crippen molar-refractivity contribution in [2.75, 3.05) is 25.0 Å². The summed E-state index contributed by atoms with van der Waals surface area (Å²) in [5, 5.41) is 3.38. The lowest BCUT2D eigenvalue weighted by molar-refractivity contribution is -0.130. The Morgan fingerprint density at radius 3 is 2.78 bits per heavy atom. The third-order valence-corrected chi connectivity index (χ3v) is 5.21. The molecule has 124 valence electrons. The second-order valence-corrected chi connectivity index (χ2v) is 6.81. The molecule has 3 rings (SSSR count). The molecule has 2 heterocycles. The van der Waals surface area contributed by atoms with Gasteiger partial charge in [0.15, 0.2) is 5.78 Å². The van der Waals surface area contributed by atoms with E-state index in [4.69, 9.17) is 0 Å². The van der Waals surface area contributed by atoms with Gasteiger partial charge in [-0.2, -0.15) is 0 Å². The monoisotopic (exact) mass is 314 g/mol. The molecule has 0 spiro atoms. The molecule has 0 aromatic heterocycles. The van der Waals surface area contributed by atoms with Crippen molar-refractivity contribution >= 4 is 17.4 Å². The summed E-state index contributed by atoms with van der Waals surface area (Å²) in [7, 11) is 0. The number of hydrogen-bond donors (Lipinski definition) is 1. The summed E-state index contributed by atoms with van der Waals surface area (Å²) in [5.41, 5.74) is 3.31. The second-order valence-electron chi connectivity index (χ2n) is 6.81. The van der Waals surface area contributed by atoms with Crippen molar-refractivity contribution in [3.8, 4) is 0 Å². The molecule has 0 aliphatic carbocycles. The van der Waals surface area contributed by atoms with E-state index in [1.165, 1.54) is 11.3 Å². The Balaban J connectivity index is 1.51. The zero-order valence-corrected chi connectivity index (χ0v) is 13.9. The molecule has 1 saturated heterocycles. The fourth-order valence-electron chi connectivity index (χ4n) is 3.66. The highest BCUT2D eigenvalue weighted by molar-refractivity contribution is 5.96. The van der Waals surface area contributed by atoms with Crippen LogP contribution in [0.4, 0.5) is 5.69 Å². The number of benzene rings is 1. The molecule has 0 radical (unpaired) electrons. The van der Waals surface area contributed by atoms with Crippen LogP contribution in [0.1, 0.15) is 54.9 Å². The van der Waals surface area contributed by atoms with Crippen LogP contribution < -0.4 is 5.32 Å².